The van der Waals surface area contributed by atoms with Crippen molar-refractivity contribution in [2.24, 2.45) is 0 Å². The van der Waals surface area contributed by atoms with E-state index in [1.165, 1.54) is 0 Å². The van der Waals surface area contributed by atoms with Crippen molar-refractivity contribution >= 4 is 44.8 Å². The van der Waals surface area contributed by atoms with Gasteiger partial charge in [-0.15, -0.1) is 0 Å². The fourth-order valence-electron chi connectivity index (χ4n) is 3.09. The first-order chi connectivity index (χ1) is 13.6. The van der Waals surface area contributed by atoms with E-state index >= 15 is 0 Å². The number of nitrogens with one attached hydrogen (secondary N) is 1. The van der Waals surface area contributed by atoms with Crippen LogP contribution in [0.25, 0.3) is 5.69 Å². The minimum absolute atomic E-state index is 0.190. The van der Waals surface area contributed by atoms with Crippen LogP contribution in [-0.4, -0.2) is 42.0 Å². The van der Waals surface area contributed by atoms with E-state index in [0.717, 1.165) is 28.9 Å². The standard InChI is InChI=1S/C20H18BrClN4O2/c21-15-12-23-26(13-15)17-4-1-14(2-5-17)20(27)24-18-11-16(22)3-6-19(18)25-7-9-28-10-8-25/h1-6,11-13H,7-10H2,(H,24,27). The molecule has 1 aliphatic rings. The molecule has 0 unspecified atom stereocenters. The van der Waals surface area contributed by atoms with Gasteiger partial charge in [0.2, 0.25) is 0 Å². The molecule has 0 radical (unpaired) electrons. The average Bonchev–Trinajstić information content (AvgIpc) is 3.15. The van der Waals surface area contributed by atoms with E-state index in [9.17, 15) is 4.79 Å². The number of amides is 1. The van der Waals surface area contributed by atoms with Crippen LogP contribution in [0.15, 0.2) is 59.3 Å². The zero-order valence-electron chi connectivity index (χ0n) is 14.9. The Labute approximate surface area is 176 Å². The summed E-state index contributed by atoms with van der Waals surface area (Å²) >= 11 is 9.55. The number of hydrogen-bond donors (Lipinski definition) is 1. The van der Waals surface area contributed by atoms with Gasteiger partial charge in [0.25, 0.3) is 5.91 Å². The van der Waals surface area contributed by atoms with E-state index in [4.69, 9.17) is 16.3 Å². The van der Waals surface area contributed by atoms with Gasteiger partial charge < -0.3 is 15.0 Å². The smallest absolute Gasteiger partial charge is 0.255 e. The van der Waals surface area contributed by atoms with Crippen LogP contribution in [0.1, 0.15) is 10.4 Å². The van der Waals surface area contributed by atoms with Gasteiger partial charge in [0.05, 0.1) is 40.9 Å². The summed E-state index contributed by atoms with van der Waals surface area (Å²) in [7, 11) is 0. The van der Waals surface area contributed by atoms with Crippen molar-refractivity contribution in [1.29, 1.82) is 0 Å². The second-order valence-electron chi connectivity index (χ2n) is 6.37. The van der Waals surface area contributed by atoms with E-state index in [0.29, 0.717) is 29.5 Å². The summed E-state index contributed by atoms with van der Waals surface area (Å²) < 4.78 is 8.05. The summed E-state index contributed by atoms with van der Waals surface area (Å²) in [6.45, 7) is 2.89. The summed E-state index contributed by atoms with van der Waals surface area (Å²) in [4.78, 5) is 15.0. The van der Waals surface area contributed by atoms with E-state index < -0.39 is 0 Å². The number of nitrogens with zero attached hydrogens (tertiary/aromatic N) is 3. The lowest BCUT2D eigenvalue weighted by Gasteiger charge is -2.30. The maximum absolute atomic E-state index is 12.8. The Morgan fingerprint density at radius 2 is 1.89 bits per heavy atom. The highest BCUT2D eigenvalue weighted by molar-refractivity contribution is 9.10. The Morgan fingerprint density at radius 3 is 2.57 bits per heavy atom. The number of halogens is 2. The largest absolute Gasteiger partial charge is 0.378 e. The normalized spacial score (nSPS) is 14.1. The number of benzene rings is 2. The van der Waals surface area contributed by atoms with Crippen molar-refractivity contribution < 1.29 is 9.53 Å². The van der Waals surface area contributed by atoms with Gasteiger partial charge in [0.1, 0.15) is 0 Å². The molecule has 1 aliphatic heterocycles. The van der Waals surface area contributed by atoms with E-state index in [2.05, 4.69) is 31.2 Å². The predicted octanol–water partition coefficient (Wildman–Crippen LogP) is 4.38. The van der Waals surface area contributed by atoms with Gasteiger partial charge in [-0.05, 0) is 58.4 Å². The first-order valence-electron chi connectivity index (χ1n) is 8.84. The fraction of sp³-hybridized carbons (Fsp3) is 0.200. The number of carbonyl (C=O) groups excluding carboxylic acids is 1. The molecule has 28 heavy (non-hydrogen) atoms. The van der Waals surface area contributed by atoms with E-state index in [1.54, 1.807) is 29.1 Å². The predicted molar refractivity (Wildman–Crippen MR) is 114 cm³/mol. The van der Waals surface area contributed by atoms with Crippen LogP contribution in [0.3, 0.4) is 0 Å². The third-order valence-corrected chi connectivity index (χ3v) is 5.15. The number of aromatic nitrogens is 2. The van der Waals surface area contributed by atoms with Crippen LogP contribution in [0.2, 0.25) is 5.02 Å². The maximum atomic E-state index is 12.8. The van der Waals surface area contributed by atoms with E-state index in [-0.39, 0.29) is 5.91 Å². The molecule has 0 aliphatic carbocycles. The molecule has 8 heteroatoms. The number of anilines is 2. The lowest BCUT2D eigenvalue weighted by atomic mass is 10.1. The van der Waals surface area contributed by atoms with Gasteiger partial charge in [0, 0.05) is 29.9 Å². The second-order valence-corrected chi connectivity index (χ2v) is 7.72. The Bertz CT molecular complexity index is 984. The molecular weight excluding hydrogens is 444 g/mol. The molecule has 1 aromatic heterocycles. The van der Waals surface area contributed by atoms with Crippen LogP contribution in [-0.2, 0) is 4.74 Å². The highest BCUT2D eigenvalue weighted by Crippen LogP contribution is 2.30. The SMILES string of the molecule is O=C(Nc1cc(Cl)ccc1N1CCOCC1)c1ccc(-n2cc(Br)cn2)cc1. The molecule has 0 saturated carbocycles. The van der Waals surface area contributed by atoms with E-state index in [1.807, 2.05) is 30.5 Å². The van der Waals surface area contributed by atoms with Crippen molar-refractivity contribution in [2.75, 3.05) is 36.5 Å². The molecule has 144 valence electrons. The van der Waals surface area contributed by atoms with Crippen LogP contribution >= 0.6 is 27.5 Å². The second kappa shape index (κ2) is 8.34. The molecule has 0 spiro atoms. The van der Waals surface area contributed by atoms with Gasteiger partial charge in [-0.25, -0.2) is 4.68 Å². The molecule has 0 bridgehead atoms. The quantitative estimate of drug-likeness (QED) is 0.626. The summed E-state index contributed by atoms with van der Waals surface area (Å²) in [5.41, 5.74) is 3.07. The van der Waals surface area contributed by atoms with Crippen LogP contribution in [0.4, 0.5) is 11.4 Å². The van der Waals surface area contributed by atoms with Crippen LogP contribution in [0, 0.1) is 0 Å². The van der Waals surface area contributed by atoms with Crippen LogP contribution in [0.5, 0.6) is 0 Å². The highest BCUT2D eigenvalue weighted by Gasteiger charge is 2.17. The molecule has 2 aromatic carbocycles. The third kappa shape index (κ3) is 4.22. The Balaban J connectivity index is 1.54. The zero-order valence-corrected chi connectivity index (χ0v) is 17.3. The molecule has 1 amide bonds. The number of morpholine rings is 1. The van der Waals surface area contributed by atoms with Gasteiger partial charge in [-0.2, -0.15) is 5.10 Å². The Hall–Kier alpha value is -2.35. The highest BCUT2D eigenvalue weighted by atomic mass is 79.9. The number of ether oxygens (including phenoxy) is 1. The maximum Gasteiger partial charge on any atom is 0.255 e. The molecule has 1 fully saturated rings. The lowest BCUT2D eigenvalue weighted by molar-refractivity contribution is 0.102. The first-order valence-corrected chi connectivity index (χ1v) is 10.0. The van der Waals surface area contributed by atoms with Crippen molar-refractivity contribution in [1.82, 2.24) is 9.78 Å². The topological polar surface area (TPSA) is 59.4 Å². The van der Waals surface area contributed by atoms with Gasteiger partial charge in [-0.3, -0.25) is 4.79 Å². The first kappa shape index (κ1) is 19.0. The molecule has 4 rings (SSSR count). The van der Waals surface area contributed by atoms with Gasteiger partial charge >= 0.3 is 0 Å². The van der Waals surface area contributed by atoms with Crippen molar-refractivity contribution in [3.8, 4) is 5.69 Å². The molecule has 2 heterocycles. The Morgan fingerprint density at radius 1 is 1.14 bits per heavy atom. The molecule has 1 saturated heterocycles. The minimum Gasteiger partial charge on any atom is -0.378 e. The van der Waals surface area contributed by atoms with Crippen molar-refractivity contribution in [2.45, 2.75) is 0 Å². The number of hydrogen-bond acceptors (Lipinski definition) is 4. The molecule has 0 atom stereocenters. The number of rotatable bonds is 4. The molecule has 3 aromatic rings. The molecule has 1 N–H and O–H groups in total. The number of carbonyl (C=O) groups is 1. The summed E-state index contributed by atoms with van der Waals surface area (Å²) in [5, 5.41) is 7.81. The van der Waals surface area contributed by atoms with Crippen molar-refractivity contribution in [3.05, 3.63) is 69.9 Å². The fourth-order valence-corrected chi connectivity index (χ4v) is 3.55. The summed E-state index contributed by atoms with van der Waals surface area (Å²) in [6, 6.07) is 12.8. The zero-order chi connectivity index (χ0) is 19.5. The lowest BCUT2D eigenvalue weighted by Crippen LogP contribution is -2.36. The molecular formula is C20H18BrClN4O2. The average molecular weight is 462 g/mol. The van der Waals surface area contributed by atoms with Gasteiger partial charge in [0.15, 0.2) is 0 Å². The Kier molecular flexibility index (Phi) is 5.66. The summed E-state index contributed by atoms with van der Waals surface area (Å²) in [6.07, 6.45) is 3.57. The summed E-state index contributed by atoms with van der Waals surface area (Å²) in [5.74, 6) is -0.190. The third-order valence-electron chi connectivity index (χ3n) is 4.50. The van der Waals surface area contributed by atoms with Crippen molar-refractivity contribution in [3.63, 3.8) is 0 Å². The van der Waals surface area contributed by atoms with Crippen LogP contribution < -0.4 is 10.2 Å². The molecule has 6 nitrogen and oxygen atoms in total. The minimum atomic E-state index is -0.190. The van der Waals surface area contributed by atoms with Gasteiger partial charge in [-0.1, -0.05) is 11.6 Å². The monoisotopic (exact) mass is 460 g/mol.